The third kappa shape index (κ3) is 3.70. The fourth-order valence-corrected chi connectivity index (χ4v) is 2.46. The molecule has 3 rings (SSSR count). The molecule has 1 aromatic heterocycles. The number of hydrogen-bond acceptors (Lipinski definition) is 5. The van der Waals surface area contributed by atoms with Gasteiger partial charge in [-0.05, 0) is 42.8 Å². The van der Waals surface area contributed by atoms with Crippen LogP contribution in [-0.2, 0) is 9.53 Å². The summed E-state index contributed by atoms with van der Waals surface area (Å²) in [5.74, 6) is -0.554. The fourth-order valence-electron chi connectivity index (χ4n) is 2.29. The monoisotopic (exact) mass is 357 g/mol. The number of nitrogens with zero attached hydrogens (tertiary/aromatic N) is 3. The van der Waals surface area contributed by atoms with Crippen molar-refractivity contribution in [3.63, 3.8) is 0 Å². The second-order valence-electron chi connectivity index (χ2n) is 5.57. The number of fused-ring (bicyclic) bond motifs is 1. The van der Waals surface area contributed by atoms with E-state index in [-0.39, 0.29) is 12.2 Å². The van der Waals surface area contributed by atoms with Crippen molar-refractivity contribution < 1.29 is 14.6 Å². The smallest absolute Gasteiger partial charge is 0.333 e. The number of aromatic nitrogens is 3. The van der Waals surface area contributed by atoms with Crippen molar-refractivity contribution in [2.75, 3.05) is 6.61 Å². The highest BCUT2D eigenvalue weighted by molar-refractivity contribution is 6.31. The van der Waals surface area contributed by atoms with E-state index in [1.54, 1.807) is 43.3 Å². The van der Waals surface area contributed by atoms with Crippen LogP contribution in [0.5, 0.6) is 0 Å². The van der Waals surface area contributed by atoms with Gasteiger partial charge in [0.05, 0.1) is 12.3 Å². The van der Waals surface area contributed by atoms with E-state index in [2.05, 4.69) is 16.8 Å². The molecule has 0 aliphatic heterocycles. The maximum atomic E-state index is 11.7. The normalized spacial score (nSPS) is 12.1. The van der Waals surface area contributed by atoms with Gasteiger partial charge < -0.3 is 9.84 Å². The lowest BCUT2D eigenvalue weighted by atomic mass is 10.1. The Morgan fingerprint density at radius 3 is 2.76 bits per heavy atom. The van der Waals surface area contributed by atoms with Gasteiger partial charge in [0, 0.05) is 10.6 Å². The SMILES string of the molecule is C=C(C)C(=O)OC(CO)c1cccc(-n2nc3ccc(Cl)cc3n2)c1. The van der Waals surface area contributed by atoms with Crippen molar-refractivity contribution in [1.82, 2.24) is 15.0 Å². The van der Waals surface area contributed by atoms with Gasteiger partial charge in [-0.15, -0.1) is 10.2 Å². The number of halogens is 1. The molecule has 0 saturated carbocycles. The van der Waals surface area contributed by atoms with E-state index in [0.717, 1.165) is 0 Å². The second kappa shape index (κ2) is 7.04. The Morgan fingerprint density at radius 1 is 1.28 bits per heavy atom. The van der Waals surface area contributed by atoms with Crippen LogP contribution in [0.1, 0.15) is 18.6 Å². The Labute approximate surface area is 149 Å². The Balaban J connectivity index is 1.94. The molecule has 0 radical (unpaired) electrons. The quantitative estimate of drug-likeness (QED) is 0.560. The molecule has 1 atom stereocenters. The first kappa shape index (κ1) is 17.1. The van der Waals surface area contributed by atoms with Crippen molar-refractivity contribution in [2.24, 2.45) is 0 Å². The summed E-state index contributed by atoms with van der Waals surface area (Å²) in [5, 5.41) is 18.9. The molecule has 7 heteroatoms. The zero-order valence-electron chi connectivity index (χ0n) is 13.5. The summed E-state index contributed by atoms with van der Waals surface area (Å²) < 4.78 is 5.26. The lowest BCUT2D eigenvalue weighted by Crippen LogP contribution is -2.15. The van der Waals surface area contributed by atoms with Gasteiger partial charge in [-0.1, -0.05) is 30.3 Å². The predicted octanol–water partition coefficient (Wildman–Crippen LogP) is 3.23. The molecule has 0 aliphatic rings. The van der Waals surface area contributed by atoms with Crippen LogP contribution in [0, 0.1) is 0 Å². The minimum absolute atomic E-state index is 0.270. The third-order valence-corrected chi connectivity index (χ3v) is 3.81. The first-order valence-electron chi connectivity index (χ1n) is 7.58. The minimum Gasteiger partial charge on any atom is -0.452 e. The summed E-state index contributed by atoms with van der Waals surface area (Å²) in [6, 6.07) is 12.4. The number of aliphatic hydroxyl groups excluding tert-OH is 1. The summed E-state index contributed by atoms with van der Waals surface area (Å²) in [4.78, 5) is 13.2. The van der Waals surface area contributed by atoms with E-state index in [1.165, 1.54) is 4.80 Å². The van der Waals surface area contributed by atoms with Gasteiger partial charge >= 0.3 is 5.97 Å². The molecule has 128 valence electrons. The zero-order chi connectivity index (χ0) is 18.0. The van der Waals surface area contributed by atoms with Crippen LogP contribution in [0.25, 0.3) is 16.7 Å². The first-order chi connectivity index (χ1) is 12.0. The van der Waals surface area contributed by atoms with Crippen LogP contribution in [-0.4, -0.2) is 32.7 Å². The molecule has 1 unspecified atom stereocenters. The number of ether oxygens (including phenoxy) is 1. The summed E-state index contributed by atoms with van der Waals surface area (Å²) in [5.41, 5.74) is 2.96. The molecule has 0 amide bonds. The number of carbonyl (C=O) groups is 1. The highest BCUT2D eigenvalue weighted by Crippen LogP contribution is 2.22. The highest BCUT2D eigenvalue weighted by Gasteiger charge is 2.17. The Morgan fingerprint density at radius 2 is 2.04 bits per heavy atom. The lowest BCUT2D eigenvalue weighted by molar-refractivity contribution is -0.146. The summed E-state index contributed by atoms with van der Waals surface area (Å²) in [7, 11) is 0. The van der Waals surface area contributed by atoms with Gasteiger partial charge in [-0.25, -0.2) is 4.79 Å². The van der Waals surface area contributed by atoms with Crippen LogP contribution in [0.2, 0.25) is 5.02 Å². The molecule has 1 N–H and O–H groups in total. The Bertz CT molecular complexity index is 952. The molecule has 25 heavy (non-hydrogen) atoms. The molecule has 6 nitrogen and oxygen atoms in total. The van der Waals surface area contributed by atoms with Crippen molar-refractivity contribution in [1.29, 1.82) is 0 Å². The Kier molecular flexibility index (Phi) is 4.83. The molecule has 0 aliphatic carbocycles. The number of rotatable bonds is 5. The standard InChI is InChI=1S/C18H16ClN3O3/c1-11(2)18(24)25-17(10-23)12-4-3-5-14(8-12)22-20-15-7-6-13(19)9-16(15)21-22/h3-9,17,23H,1,10H2,2H3. The molecule has 2 aromatic carbocycles. The maximum Gasteiger partial charge on any atom is 0.333 e. The molecule has 0 bridgehead atoms. The number of benzene rings is 2. The number of carbonyl (C=O) groups excluding carboxylic acids is 1. The van der Waals surface area contributed by atoms with Crippen LogP contribution < -0.4 is 0 Å². The fraction of sp³-hybridized carbons (Fsp3) is 0.167. The van der Waals surface area contributed by atoms with Crippen LogP contribution in [0.3, 0.4) is 0 Å². The van der Waals surface area contributed by atoms with Gasteiger partial charge in [-0.3, -0.25) is 0 Å². The zero-order valence-corrected chi connectivity index (χ0v) is 14.3. The largest absolute Gasteiger partial charge is 0.452 e. The van der Waals surface area contributed by atoms with Crippen LogP contribution >= 0.6 is 11.6 Å². The van der Waals surface area contributed by atoms with Crippen molar-refractivity contribution in [3.8, 4) is 5.69 Å². The number of esters is 1. The highest BCUT2D eigenvalue weighted by atomic mass is 35.5. The summed E-state index contributed by atoms with van der Waals surface area (Å²) >= 11 is 5.97. The van der Waals surface area contributed by atoms with E-state index in [9.17, 15) is 9.90 Å². The molecular weight excluding hydrogens is 342 g/mol. The van der Waals surface area contributed by atoms with E-state index in [4.69, 9.17) is 16.3 Å². The first-order valence-corrected chi connectivity index (χ1v) is 7.96. The van der Waals surface area contributed by atoms with Crippen LogP contribution in [0.15, 0.2) is 54.6 Å². The minimum atomic E-state index is -0.788. The van der Waals surface area contributed by atoms with E-state index in [0.29, 0.717) is 27.3 Å². The van der Waals surface area contributed by atoms with Crippen molar-refractivity contribution in [3.05, 3.63) is 65.2 Å². The van der Waals surface area contributed by atoms with Gasteiger partial charge in [0.2, 0.25) is 0 Å². The molecular formula is C18H16ClN3O3. The van der Waals surface area contributed by atoms with E-state index < -0.39 is 12.1 Å². The van der Waals surface area contributed by atoms with Gasteiger partial charge in [0.15, 0.2) is 6.10 Å². The maximum absolute atomic E-state index is 11.7. The van der Waals surface area contributed by atoms with Gasteiger partial charge in [0.25, 0.3) is 0 Å². The van der Waals surface area contributed by atoms with Gasteiger partial charge in [0.1, 0.15) is 11.0 Å². The molecule has 0 saturated heterocycles. The summed E-state index contributed by atoms with van der Waals surface area (Å²) in [6.07, 6.45) is -0.788. The van der Waals surface area contributed by atoms with Gasteiger partial charge in [-0.2, -0.15) is 4.80 Å². The third-order valence-electron chi connectivity index (χ3n) is 3.58. The molecule has 1 heterocycles. The second-order valence-corrected chi connectivity index (χ2v) is 6.01. The topological polar surface area (TPSA) is 77.2 Å². The Hall–Kier alpha value is -2.70. The van der Waals surface area contributed by atoms with Crippen LogP contribution in [0.4, 0.5) is 0 Å². The predicted molar refractivity (Wildman–Crippen MR) is 94.6 cm³/mol. The van der Waals surface area contributed by atoms with Crippen molar-refractivity contribution >= 4 is 28.6 Å². The molecule has 0 spiro atoms. The average molecular weight is 358 g/mol. The number of aliphatic hydroxyl groups is 1. The molecule has 0 fully saturated rings. The number of hydrogen-bond donors (Lipinski definition) is 1. The molecule has 3 aromatic rings. The lowest BCUT2D eigenvalue weighted by Gasteiger charge is -2.16. The summed E-state index contributed by atoms with van der Waals surface area (Å²) in [6.45, 7) is 4.75. The average Bonchev–Trinajstić information content (AvgIpc) is 3.02. The van der Waals surface area contributed by atoms with Crippen molar-refractivity contribution in [2.45, 2.75) is 13.0 Å². The van der Waals surface area contributed by atoms with E-state index in [1.807, 2.05) is 6.07 Å². The van der Waals surface area contributed by atoms with E-state index >= 15 is 0 Å².